The number of hydrogen-bond acceptors (Lipinski definition) is 3. The monoisotopic (exact) mass is 283 g/mol. The lowest BCUT2D eigenvalue weighted by atomic mass is 10.1. The number of rotatable bonds is 2. The molecule has 1 aromatic heterocycles. The van der Waals surface area contributed by atoms with E-state index >= 15 is 0 Å². The largest absolute Gasteiger partial charge is 0.318 e. The molecule has 0 spiro atoms. The molecule has 21 heavy (non-hydrogen) atoms. The van der Waals surface area contributed by atoms with Gasteiger partial charge < -0.3 is 10.6 Å². The van der Waals surface area contributed by atoms with Crippen LogP contribution in [0.1, 0.15) is 16.7 Å². The molecular formula is C16H17N3O2. The van der Waals surface area contributed by atoms with Crippen LogP contribution in [-0.2, 0) is 9.59 Å². The van der Waals surface area contributed by atoms with E-state index in [0.717, 1.165) is 16.7 Å². The van der Waals surface area contributed by atoms with E-state index in [1.165, 1.54) is 0 Å². The highest BCUT2D eigenvalue weighted by Gasteiger charge is 2.15. The average Bonchev–Trinajstić information content (AvgIpc) is 2.45. The van der Waals surface area contributed by atoms with Crippen LogP contribution < -0.4 is 10.6 Å². The van der Waals surface area contributed by atoms with Crippen molar-refractivity contribution in [3.05, 3.63) is 53.2 Å². The first kappa shape index (κ1) is 14.7. The van der Waals surface area contributed by atoms with Crippen LogP contribution in [0.4, 0.5) is 11.5 Å². The Balaban J connectivity index is 2.04. The summed E-state index contributed by atoms with van der Waals surface area (Å²) in [4.78, 5) is 27.8. The molecule has 2 N–H and O–H groups in total. The summed E-state index contributed by atoms with van der Waals surface area (Å²) in [7, 11) is 0. The van der Waals surface area contributed by atoms with E-state index in [9.17, 15) is 9.59 Å². The van der Waals surface area contributed by atoms with Crippen molar-refractivity contribution >= 4 is 23.3 Å². The first-order chi connectivity index (χ1) is 9.95. The number of anilines is 2. The van der Waals surface area contributed by atoms with Gasteiger partial charge in [0.25, 0.3) is 0 Å². The Morgan fingerprint density at radius 1 is 0.905 bits per heavy atom. The number of benzene rings is 1. The summed E-state index contributed by atoms with van der Waals surface area (Å²) < 4.78 is 0. The highest BCUT2D eigenvalue weighted by atomic mass is 16.2. The van der Waals surface area contributed by atoms with Crippen molar-refractivity contribution in [2.45, 2.75) is 20.8 Å². The fourth-order valence-corrected chi connectivity index (χ4v) is 1.76. The zero-order chi connectivity index (χ0) is 15.4. The average molecular weight is 283 g/mol. The molecule has 0 aliphatic carbocycles. The number of carbonyl (C=O) groups excluding carboxylic acids is 2. The Morgan fingerprint density at radius 2 is 1.57 bits per heavy atom. The van der Waals surface area contributed by atoms with Gasteiger partial charge in [0.2, 0.25) is 0 Å². The standard InChI is InChI=1S/C16H17N3O2/c1-10-4-6-12(3)13(8-10)18-15(20)16(21)19-14-7-5-11(2)9-17-14/h4-9H,1-3H3,(H,18,20)(H,17,19,21). The molecule has 0 aliphatic rings. The van der Waals surface area contributed by atoms with Crippen LogP contribution >= 0.6 is 0 Å². The number of pyridine rings is 1. The summed E-state index contributed by atoms with van der Waals surface area (Å²) in [6.07, 6.45) is 1.62. The molecule has 0 unspecified atom stereocenters. The van der Waals surface area contributed by atoms with Crippen LogP contribution in [0.15, 0.2) is 36.5 Å². The summed E-state index contributed by atoms with van der Waals surface area (Å²) >= 11 is 0. The van der Waals surface area contributed by atoms with E-state index in [4.69, 9.17) is 0 Å². The third-order valence-electron chi connectivity index (χ3n) is 3.00. The topological polar surface area (TPSA) is 71.1 Å². The van der Waals surface area contributed by atoms with Crippen molar-refractivity contribution in [2.75, 3.05) is 10.6 Å². The van der Waals surface area contributed by atoms with Crippen LogP contribution in [0.2, 0.25) is 0 Å². The Bertz CT molecular complexity index is 678. The maximum Gasteiger partial charge on any atom is 0.315 e. The second kappa shape index (κ2) is 6.17. The molecule has 0 fully saturated rings. The second-order valence-electron chi connectivity index (χ2n) is 4.95. The number of nitrogens with one attached hydrogen (secondary N) is 2. The minimum absolute atomic E-state index is 0.349. The van der Waals surface area contributed by atoms with Gasteiger partial charge in [-0.25, -0.2) is 4.98 Å². The molecule has 2 amide bonds. The molecule has 0 saturated heterocycles. The number of amides is 2. The third kappa shape index (κ3) is 3.89. The van der Waals surface area contributed by atoms with Gasteiger partial charge in [0.05, 0.1) is 0 Å². The van der Waals surface area contributed by atoms with Crippen molar-refractivity contribution in [3.63, 3.8) is 0 Å². The van der Waals surface area contributed by atoms with E-state index in [1.54, 1.807) is 12.3 Å². The van der Waals surface area contributed by atoms with Crippen molar-refractivity contribution in [1.29, 1.82) is 0 Å². The highest BCUT2D eigenvalue weighted by molar-refractivity contribution is 6.43. The van der Waals surface area contributed by atoms with E-state index in [1.807, 2.05) is 45.0 Å². The van der Waals surface area contributed by atoms with Gasteiger partial charge in [-0.3, -0.25) is 9.59 Å². The van der Waals surface area contributed by atoms with Crippen LogP contribution in [0.5, 0.6) is 0 Å². The fourth-order valence-electron chi connectivity index (χ4n) is 1.76. The Hall–Kier alpha value is -2.69. The Kier molecular flexibility index (Phi) is 4.33. The van der Waals surface area contributed by atoms with Gasteiger partial charge in [-0.2, -0.15) is 0 Å². The zero-order valence-electron chi connectivity index (χ0n) is 12.2. The normalized spacial score (nSPS) is 10.0. The van der Waals surface area contributed by atoms with Gasteiger partial charge >= 0.3 is 11.8 Å². The molecule has 0 aliphatic heterocycles. The first-order valence-corrected chi connectivity index (χ1v) is 6.58. The number of carbonyl (C=O) groups is 2. The molecule has 5 heteroatoms. The molecule has 1 heterocycles. The van der Waals surface area contributed by atoms with Crippen LogP contribution in [-0.4, -0.2) is 16.8 Å². The van der Waals surface area contributed by atoms with E-state index in [-0.39, 0.29) is 0 Å². The minimum atomic E-state index is -0.743. The summed E-state index contributed by atoms with van der Waals surface area (Å²) in [5, 5.41) is 5.06. The predicted molar refractivity (Wildman–Crippen MR) is 82.1 cm³/mol. The molecule has 0 radical (unpaired) electrons. The first-order valence-electron chi connectivity index (χ1n) is 6.58. The second-order valence-corrected chi connectivity index (χ2v) is 4.95. The van der Waals surface area contributed by atoms with Crippen LogP contribution in [0, 0.1) is 20.8 Å². The van der Waals surface area contributed by atoms with Gasteiger partial charge in [0, 0.05) is 11.9 Å². The highest BCUT2D eigenvalue weighted by Crippen LogP contribution is 2.16. The number of aryl methyl sites for hydroxylation is 3. The molecule has 2 rings (SSSR count). The molecule has 0 saturated carbocycles. The number of hydrogen-bond donors (Lipinski definition) is 2. The van der Waals surface area contributed by atoms with Gasteiger partial charge in [-0.15, -0.1) is 0 Å². The maximum absolute atomic E-state index is 11.9. The van der Waals surface area contributed by atoms with Gasteiger partial charge in [0.1, 0.15) is 5.82 Å². The zero-order valence-corrected chi connectivity index (χ0v) is 12.2. The molecular weight excluding hydrogens is 266 g/mol. The quantitative estimate of drug-likeness (QED) is 0.832. The van der Waals surface area contributed by atoms with Gasteiger partial charge in [-0.1, -0.05) is 18.2 Å². The van der Waals surface area contributed by atoms with Crippen molar-refractivity contribution in [2.24, 2.45) is 0 Å². The Morgan fingerprint density at radius 3 is 2.24 bits per heavy atom. The summed E-state index contributed by atoms with van der Waals surface area (Å²) in [6, 6.07) is 9.12. The van der Waals surface area contributed by atoms with E-state index in [0.29, 0.717) is 11.5 Å². The van der Waals surface area contributed by atoms with E-state index in [2.05, 4.69) is 15.6 Å². The van der Waals surface area contributed by atoms with E-state index < -0.39 is 11.8 Å². The van der Waals surface area contributed by atoms with Gasteiger partial charge in [0.15, 0.2) is 0 Å². The van der Waals surface area contributed by atoms with Crippen LogP contribution in [0.25, 0.3) is 0 Å². The lowest BCUT2D eigenvalue weighted by Crippen LogP contribution is -2.29. The summed E-state index contributed by atoms with van der Waals surface area (Å²) in [6.45, 7) is 5.69. The van der Waals surface area contributed by atoms with Crippen LogP contribution in [0.3, 0.4) is 0 Å². The minimum Gasteiger partial charge on any atom is -0.318 e. The fraction of sp³-hybridized carbons (Fsp3) is 0.188. The maximum atomic E-state index is 11.9. The predicted octanol–water partition coefficient (Wildman–Crippen LogP) is 2.58. The smallest absolute Gasteiger partial charge is 0.315 e. The lowest BCUT2D eigenvalue weighted by molar-refractivity contribution is -0.133. The van der Waals surface area contributed by atoms with Crippen molar-refractivity contribution in [3.8, 4) is 0 Å². The lowest BCUT2D eigenvalue weighted by Gasteiger charge is -2.09. The summed E-state index contributed by atoms with van der Waals surface area (Å²) in [5.41, 5.74) is 3.52. The van der Waals surface area contributed by atoms with Gasteiger partial charge in [-0.05, 0) is 49.6 Å². The molecule has 108 valence electrons. The molecule has 2 aromatic rings. The SMILES string of the molecule is Cc1ccc(NC(=O)C(=O)Nc2cc(C)ccc2C)nc1. The number of aromatic nitrogens is 1. The molecule has 5 nitrogen and oxygen atoms in total. The third-order valence-corrected chi connectivity index (χ3v) is 3.00. The summed E-state index contributed by atoms with van der Waals surface area (Å²) in [5.74, 6) is -1.11. The molecule has 0 bridgehead atoms. The number of nitrogens with zero attached hydrogens (tertiary/aromatic N) is 1. The Labute approximate surface area is 123 Å². The molecule has 1 aromatic carbocycles. The van der Waals surface area contributed by atoms with Crippen molar-refractivity contribution in [1.82, 2.24) is 4.98 Å². The van der Waals surface area contributed by atoms with Crippen molar-refractivity contribution < 1.29 is 9.59 Å². The molecule has 0 atom stereocenters.